The lowest BCUT2D eigenvalue weighted by atomic mass is 9.81. The van der Waals surface area contributed by atoms with Crippen LogP contribution in [-0.4, -0.2) is 19.1 Å². The van der Waals surface area contributed by atoms with E-state index in [4.69, 9.17) is 4.74 Å². The van der Waals surface area contributed by atoms with E-state index in [2.05, 4.69) is 42.5 Å². The van der Waals surface area contributed by atoms with Crippen molar-refractivity contribution in [2.75, 3.05) is 18.1 Å². The molecule has 0 radical (unpaired) electrons. The molecule has 3 heteroatoms. The lowest BCUT2D eigenvalue weighted by Crippen LogP contribution is -2.37. The van der Waals surface area contributed by atoms with Gasteiger partial charge in [0, 0.05) is 30.1 Å². The molecule has 0 aromatic heterocycles. The summed E-state index contributed by atoms with van der Waals surface area (Å²) in [7, 11) is 0. The van der Waals surface area contributed by atoms with Crippen LogP contribution in [0.25, 0.3) is 10.8 Å². The van der Waals surface area contributed by atoms with Gasteiger partial charge in [-0.3, -0.25) is 4.79 Å². The molecule has 3 aromatic carbocycles. The Labute approximate surface area is 154 Å². The predicted molar refractivity (Wildman–Crippen MR) is 106 cm³/mol. The zero-order valence-corrected chi connectivity index (χ0v) is 15.2. The van der Waals surface area contributed by atoms with Crippen LogP contribution in [0, 0.1) is 0 Å². The van der Waals surface area contributed by atoms with Gasteiger partial charge in [-0.1, -0.05) is 48.5 Å². The number of rotatable bonds is 4. The smallest absolute Gasteiger partial charge is 0.227 e. The Kier molecular flexibility index (Phi) is 4.37. The number of fused-ring (bicyclic) bond motifs is 3. The first kappa shape index (κ1) is 16.6. The van der Waals surface area contributed by atoms with Crippen LogP contribution >= 0.6 is 0 Å². The van der Waals surface area contributed by atoms with Crippen LogP contribution < -0.4 is 9.64 Å². The number of anilines is 1. The van der Waals surface area contributed by atoms with E-state index in [1.165, 1.54) is 16.3 Å². The molecule has 1 heterocycles. The third kappa shape index (κ3) is 2.64. The average Bonchev–Trinajstić information content (AvgIpc) is 2.68. The van der Waals surface area contributed by atoms with Gasteiger partial charge in [-0.2, -0.15) is 0 Å². The SMILES string of the molecule is CCOc1ccccc1C1CC(=O)N(CC)c2ccc3ccccc3c21. The second-order valence-corrected chi connectivity index (χ2v) is 6.59. The quantitative estimate of drug-likeness (QED) is 0.656. The molecule has 3 aromatic rings. The molecule has 0 saturated heterocycles. The molecule has 1 aliphatic heterocycles. The largest absolute Gasteiger partial charge is 0.494 e. The number of para-hydroxylation sites is 1. The minimum absolute atomic E-state index is 0.00847. The molecule has 1 amide bonds. The highest BCUT2D eigenvalue weighted by Crippen LogP contribution is 2.46. The fourth-order valence-corrected chi connectivity index (χ4v) is 4.07. The maximum atomic E-state index is 12.9. The number of carbonyl (C=O) groups is 1. The number of hydrogen-bond acceptors (Lipinski definition) is 2. The summed E-state index contributed by atoms with van der Waals surface area (Å²) in [4.78, 5) is 14.8. The molecule has 0 fully saturated rings. The van der Waals surface area contributed by atoms with E-state index in [-0.39, 0.29) is 11.8 Å². The molecule has 132 valence electrons. The number of ether oxygens (including phenoxy) is 1. The first-order chi connectivity index (χ1) is 12.7. The highest BCUT2D eigenvalue weighted by atomic mass is 16.5. The van der Waals surface area contributed by atoms with E-state index >= 15 is 0 Å². The molecule has 0 saturated carbocycles. The predicted octanol–water partition coefficient (Wildman–Crippen LogP) is 5.13. The van der Waals surface area contributed by atoms with Gasteiger partial charge >= 0.3 is 0 Å². The summed E-state index contributed by atoms with van der Waals surface area (Å²) in [6, 6.07) is 20.7. The van der Waals surface area contributed by atoms with Gasteiger partial charge in [0.05, 0.1) is 6.61 Å². The van der Waals surface area contributed by atoms with Gasteiger partial charge in [-0.25, -0.2) is 0 Å². The summed E-state index contributed by atoms with van der Waals surface area (Å²) in [5.74, 6) is 1.05. The van der Waals surface area contributed by atoms with Crippen molar-refractivity contribution in [1.29, 1.82) is 0 Å². The van der Waals surface area contributed by atoms with Crippen molar-refractivity contribution >= 4 is 22.4 Å². The summed E-state index contributed by atoms with van der Waals surface area (Å²) in [6.07, 6.45) is 0.471. The van der Waals surface area contributed by atoms with Gasteiger partial charge in [0.2, 0.25) is 5.91 Å². The lowest BCUT2D eigenvalue weighted by Gasteiger charge is -2.35. The van der Waals surface area contributed by atoms with Crippen molar-refractivity contribution in [1.82, 2.24) is 0 Å². The van der Waals surface area contributed by atoms with E-state index < -0.39 is 0 Å². The minimum atomic E-state index is 0.00847. The lowest BCUT2D eigenvalue weighted by molar-refractivity contribution is -0.119. The molecule has 26 heavy (non-hydrogen) atoms. The molecule has 0 N–H and O–H groups in total. The first-order valence-electron chi connectivity index (χ1n) is 9.28. The fourth-order valence-electron chi connectivity index (χ4n) is 4.07. The van der Waals surface area contributed by atoms with E-state index in [0.29, 0.717) is 19.6 Å². The summed E-state index contributed by atoms with van der Waals surface area (Å²) >= 11 is 0. The molecule has 1 aliphatic rings. The van der Waals surface area contributed by atoms with Crippen molar-refractivity contribution < 1.29 is 9.53 Å². The normalized spacial score (nSPS) is 16.6. The van der Waals surface area contributed by atoms with Crippen LogP contribution in [0.2, 0.25) is 0 Å². The van der Waals surface area contributed by atoms with Gasteiger partial charge in [-0.15, -0.1) is 0 Å². The van der Waals surface area contributed by atoms with E-state index in [1.807, 2.05) is 36.9 Å². The zero-order chi connectivity index (χ0) is 18.1. The molecule has 3 nitrogen and oxygen atoms in total. The van der Waals surface area contributed by atoms with E-state index in [9.17, 15) is 4.79 Å². The molecular weight excluding hydrogens is 322 g/mol. The minimum Gasteiger partial charge on any atom is -0.494 e. The average molecular weight is 345 g/mol. The van der Waals surface area contributed by atoms with Crippen molar-refractivity contribution in [3.05, 3.63) is 71.8 Å². The summed E-state index contributed by atoms with van der Waals surface area (Å²) in [5, 5.41) is 2.42. The monoisotopic (exact) mass is 345 g/mol. The Morgan fingerprint density at radius 2 is 1.77 bits per heavy atom. The van der Waals surface area contributed by atoms with Crippen molar-refractivity contribution in [3.8, 4) is 5.75 Å². The molecule has 0 bridgehead atoms. The van der Waals surface area contributed by atoms with Gasteiger partial charge in [-0.05, 0) is 42.3 Å². The van der Waals surface area contributed by atoms with Crippen molar-refractivity contribution in [3.63, 3.8) is 0 Å². The van der Waals surface area contributed by atoms with Gasteiger partial charge < -0.3 is 9.64 Å². The Balaban J connectivity index is 1.99. The number of amides is 1. The Morgan fingerprint density at radius 3 is 2.58 bits per heavy atom. The third-order valence-electron chi connectivity index (χ3n) is 5.18. The standard InChI is InChI=1S/C23H23NO2/c1-3-24-20-14-13-16-9-5-6-10-17(16)23(20)19(15-22(24)25)18-11-7-8-12-21(18)26-4-2/h5-14,19H,3-4,15H2,1-2H3. The number of nitrogens with zero attached hydrogens (tertiary/aromatic N) is 1. The molecule has 0 spiro atoms. The van der Waals surface area contributed by atoms with Crippen LogP contribution in [0.15, 0.2) is 60.7 Å². The second-order valence-electron chi connectivity index (χ2n) is 6.59. The molecular formula is C23H23NO2. The van der Waals surface area contributed by atoms with Gasteiger partial charge in [0.1, 0.15) is 5.75 Å². The summed E-state index contributed by atoms with van der Waals surface area (Å²) in [6.45, 7) is 5.32. The molecule has 4 rings (SSSR count). The zero-order valence-electron chi connectivity index (χ0n) is 15.2. The van der Waals surface area contributed by atoms with Crippen LogP contribution in [0.5, 0.6) is 5.75 Å². The Bertz CT molecular complexity index is 963. The third-order valence-corrected chi connectivity index (χ3v) is 5.18. The number of hydrogen-bond donors (Lipinski definition) is 0. The van der Waals surface area contributed by atoms with Crippen LogP contribution in [-0.2, 0) is 4.79 Å². The second kappa shape index (κ2) is 6.83. The highest BCUT2D eigenvalue weighted by molar-refractivity contribution is 6.03. The van der Waals surface area contributed by atoms with Crippen LogP contribution in [0.4, 0.5) is 5.69 Å². The van der Waals surface area contributed by atoms with Gasteiger partial charge in [0.25, 0.3) is 0 Å². The Hall–Kier alpha value is -2.81. The van der Waals surface area contributed by atoms with Gasteiger partial charge in [0.15, 0.2) is 0 Å². The van der Waals surface area contributed by atoms with E-state index in [0.717, 1.165) is 17.0 Å². The maximum absolute atomic E-state index is 12.9. The number of carbonyl (C=O) groups excluding carboxylic acids is 1. The topological polar surface area (TPSA) is 29.5 Å². The van der Waals surface area contributed by atoms with Crippen molar-refractivity contribution in [2.45, 2.75) is 26.2 Å². The summed E-state index contributed by atoms with van der Waals surface area (Å²) < 4.78 is 5.88. The van der Waals surface area contributed by atoms with Crippen molar-refractivity contribution in [2.24, 2.45) is 0 Å². The highest BCUT2D eigenvalue weighted by Gasteiger charge is 2.34. The molecule has 1 unspecified atom stereocenters. The maximum Gasteiger partial charge on any atom is 0.227 e. The Morgan fingerprint density at radius 1 is 1.00 bits per heavy atom. The summed E-state index contributed by atoms with van der Waals surface area (Å²) in [5.41, 5.74) is 3.35. The first-order valence-corrected chi connectivity index (χ1v) is 9.28. The van der Waals surface area contributed by atoms with E-state index in [1.54, 1.807) is 0 Å². The van der Waals surface area contributed by atoms with Crippen LogP contribution in [0.3, 0.4) is 0 Å². The van der Waals surface area contributed by atoms with Crippen LogP contribution in [0.1, 0.15) is 37.3 Å². The number of benzene rings is 3. The molecule has 0 aliphatic carbocycles. The fraction of sp³-hybridized carbons (Fsp3) is 0.261. The molecule has 1 atom stereocenters.